The van der Waals surface area contributed by atoms with Crippen molar-refractivity contribution in [2.45, 2.75) is 64.6 Å². The molecule has 216 valence electrons. The van der Waals surface area contributed by atoms with Gasteiger partial charge in [-0.05, 0) is 80.5 Å². The van der Waals surface area contributed by atoms with Crippen molar-refractivity contribution >= 4 is 22.4 Å². The standard InChI is InChI=1S/C32H41FN2O5/c1-21(25-12-8-10-22-9-6-7-11-26(22)25)35-24-14-13-23-17-28(39-20-38-16-15-37-5)31(30(33)27(23)18-24)34-19-29(36)40-32(2,3)4/h6-12,17,21,24,34-35H,13-16,18-20H2,1-5H3/t21?,24-/m1/s1. The second-order valence-corrected chi connectivity index (χ2v) is 11.2. The number of rotatable bonds is 12. The van der Waals surface area contributed by atoms with Gasteiger partial charge in [0.2, 0.25) is 0 Å². The number of fused-ring (bicyclic) bond motifs is 2. The van der Waals surface area contributed by atoms with Gasteiger partial charge in [0, 0.05) is 19.2 Å². The monoisotopic (exact) mass is 552 g/mol. The van der Waals surface area contributed by atoms with E-state index in [1.54, 1.807) is 27.9 Å². The number of hydrogen-bond acceptors (Lipinski definition) is 7. The van der Waals surface area contributed by atoms with Crippen molar-refractivity contribution in [1.29, 1.82) is 0 Å². The van der Waals surface area contributed by atoms with Gasteiger partial charge < -0.3 is 29.6 Å². The molecule has 4 rings (SSSR count). The SMILES string of the molecule is COCCOCOc1cc2c(c(F)c1NCC(=O)OC(C)(C)C)C[C@H](NC(C)c1cccc3ccccc13)CC2. The Morgan fingerprint density at radius 2 is 1.90 bits per heavy atom. The molecule has 0 amide bonds. The molecule has 8 heteroatoms. The maximum absolute atomic E-state index is 16.1. The van der Waals surface area contributed by atoms with Crippen LogP contribution in [0.5, 0.6) is 5.75 Å². The van der Waals surface area contributed by atoms with Gasteiger partial charge in [-0.2, -0.15) is 0 Å². The van der Waals surface area contributed by atoms with E-state index in [9.17, 15) is 4.79 Å². The van der Waals surface area contributed by atoms with Gasteiger partial charge in [-0.3, -0.25) is 4.79 Å². The fraction of sp³-hybridized carbons (Fsp3) is 0.469. The largest absolute Gasteiger partial charge is 0.465 e. The van der Waals surface area contributed by atoms with E-state index in [2.05, 4.69) is 54.0 Å². The molecule has 0 aromatic heterocycles. The number of benzene rings is 3. The van der Waals surface area contributed by atoms with Crippen molar-refractivity contribution in [3.05, 3.63) is 71.0 Å². The molecule has 0 heterocycles. The lowest BCUT2D eigenvalue weighted by Gasteiger charge is -2.30. The van der Waals surface area contributed by atoms with Gasteiger partial charge in [0.25, 0.3) is 0 Å². The van der Waals surface area contributed by atoms with Crippen LogP contribution in [-0.4, -0.2) is 51.3 Å². The van der Waals surface area contributed by atoms with Crippen LogP contribution in [0.25, 0.3) is 10.8 Å². The first kappa shape index (κ1) is 29.8. The van der Waals surface area contributed by atoms with Crippen molar-refractivity contribution < 1.29 is 28.1 Å². The van der Waals surface area contributed by atoms with Gasteiger partial charge in [-0.25, -0.2) is 4.39 Å². The lowest BCUT2D eigenvalue weighted by atomic mass is 9.86. The molecule has 3 aromatic carbocycles. The number of anilines is 1. The Morgan fingerprint density at radius 1 is 1.12 bits per heavy atom. The topological polar surface area (TPSA) is 78.0 Å². The summed E-state index contributed by atoms with van der Waals surface area (Å²) in [5.74, 6) is -0.569. The van der Waals surface area contributed by atoms with Crippen LogP contribution >= 0.6 is 0 Å². The zero-order valence-electron chi connectivity index (χ0n) is 24.1. The van der Waals surface area contributed by atoms with Gasteiger partial charge in [-0.15, -0.1) is 0 Å². The smallest absolute Gasteiger partial charge is 0.325 e. The van der Waals surface area contributed by atoms with Crippen LogP contribution in [-0.2, 0) is 31.8 Å². The number of aryl methyl sites for hydroxylation is 1. The van der Waals surface area contributed by atoms with Gasteiger partial charge in [0.1, 0.15) is 23.6 Å². The van der Waals surface area contributed by atoms with Crippen LogP contribution in [0.2, 0.25) is 0 Å². The molecule has 0 radical (unpaired) electrons. The number of esters is 1. The van der Waals surface area contributed by atoms with Gasteiger partial charge in [0.15, 0.2) is 12.6 Å². The molecule has 0 fully saturated rings. The molecule has 1 unspecified atom stereocenters. The van der Waals surface area contributed by atoms with Crippen LogP contribution in [0.1, 0.15) is 56.8 Å². The quantitative estimate of drug-likeness (QED) is 0.164. The Morgan fingerprint density at radius 3 is 2.67 bits per heavy atom. The van der Waals surface area contributed by atoms with E-state index in [4.69, 9.17) is 18.9 Å². The molecular formula is C32H41FN2O5. The van der Waals surface area contributed by atoms with Crippen molar-refractivity contribution in [2.75, 3.05) is 39.0 Å². The number of hydrogen-bond donors (Lipinski definition) is 2. The third-order valence-corrected chi connectivity index (χ3v) is 6.97. The molecule has 3 aromatic rings. The highest BCUT2D eigenvalue weighted by Gasteiger charge is 2.28. The molecule has 0 spiro atoms. The molecule has 7 nitrogen and oxygen atoms in total. The summed E-state index contributed by atoms with van der Waals surface area (Å²) >= 11 is 0. The normalized spacial score (nSPS) is 15.9. The van der Waals surface area contributed by atoms with Gasteiger partial charge in [-0.1, -0.05) is 42.5 Å². The third-order valence-electron chi connectivity index (χ3n) is 6.97. The van der Waals surface area contributed by atoms with Crippen LogP contribution in [0.15, 0.2) is 48.5 Å². The summed E-state index contributed by atoms with van der Waals surface area (Å²) in [4.78, 5) is 12.4. The fourth-order valence-electron chi connectivity index (χ4n) is 5.18. The third kappa shape index (κ3) is 7.71. The molecular weight excluding hydrogens is 511 g/mol. The zero-order chi connectivity index (χ0) is 28.7. The first-order valence-corrected chi connectivity index (χ1v) is 13.9. The minimum Gasteiger partial charge on any atom is -0.465 e. The summed E-state index contributed by atoms with van der Waals surface area (Å²) in [5, 5.41) is 9.09. The van der Waals surface area contributed by atoms with E-state index in [1.807, 2.05) is 12.1 Å². The first-order valence-electron chi connectivity index (χ1n) is 13.9. The average Bonchev–Trinajstić information content (AvgIpc) is 2.91. The lowest BCUT2D eigenvalue weighted by molar-refractivity contribution is -0.152. The van der Waals surface area contributed by atoms with Crippen LogP contribution in [0, 0.1) is 5.82 Å². The highest BCUT2D eigenvalue weighted by molar-refractivity contribution is 5.86. The Labute approximate surface area is 236 Å². The van der Waals surface area contributed by atoms with Crippen LogP contribution in [0.4, 0.5) is 10.1 Å². The zero-order valence-corrected chi connectivity index (χ0v) is 24.1. The minimum absolute atomic E-state index is 0.0601. The summed E-state index contributed by atoms with van der Waals surface area (Å²) in [7, 11) is 1.59. The first-order chi connectivity index (χ1) is 19.2. The molecule has 1 aliphatic rings. The summed E-state index contributed by atoms with van der Waals surface area (Å²) in [6, 6.07) is 16.8. The number of halogens is 1. The average molecular weight is 553 g/mol. The Kier molecular flexibility index (Phi) is 10.0. The number of carbonyl (C=O) groups excluding carboxylic acids is 1. The molecule has 0 aliphatic heterocycles. The Balaban J connectivity index is 1.52. The molecule has 1 aliphatic carbocycles. The fourth-order valence-corrected chi connectivity index (χ4v) is 5.18. The summed E-state index contributed by atoms with van der Waals surface area (Å²) < 4.78 is 37.7. The molecule has 0 saturated heterocycles. The Hall–Kier alpha value is -3.20. The van der Waals surface area contributed by atoms with E-state index in [0.717, 1.165) is 12.0 Å². The van der Waals surface area contributed by atoms with E-state index >= 15 is 4.39 Å². The van der Waals surface area contributed by atoms with E-state index < -0.39 is 17.4 Å². The van der Waals surface area contributed by atoms with E-state index in [0.29, 0.717) is 37.4 Å². The number of ether oxygens (including phenoxy) is 4. The molecule has 0 saturated carbocycles. The minimum atomic E-state index is -0.638. The number of methoxy groups -OCH3 is 1. The molecule has 2 atom stereocenters. The Bertz CT molecular complexity index is 1300. The van der Waals surface area contributed by atoms with Crippen molar-refractivity contribution in [3.63, 3.8) is 0 Å². The molecule has 0 bridgehead atoms. The molecule has 40 heavy (non-hydrogen) atoms. The van der Waals surface area contributed by atoms with Crippen LogP contribution in [0.3, 0.4) is 0 Å². The highest BCUT2D eigenvalue weighted by Crippen LogP contribution is 2.37. The van der Waals surface area contributed by atoms with Gasteiger partial charge in [0.05, 0.1) is 13.2 Å². The van der Waals surface area contributed by atoms with Crippen molar-refractivity contribution in [2.24, 2.45) is 0 Å². The number of carbonyl (C=O) groups is 1. The second-order valence-electron chi connectivity index (χ2n) is 11.2. The predicted molar refractivity (Wildman–Crippen MR) is 155 cm³/mol. The maximum atomic E-state index is 16.1. The summed E-state index contributed by atoms with van der Waals surface area (Å²) in [6.45, 7) is 8.07. The maximum Gasteiger partial charge on any atom is 0.325 e. The predicted octanol–water partition coefficient (Wildman–Crippen LogP) is 5.94. The lowest BCUT2D eigenvalue weighted by Crippen LogP contribution is -2.37. The van der Waals surface area contributed by atoms with Crippen molar-refractivity contribution in [1.82, 2.24) is 5.32 Å². The second kappa shape index (κ2) is 13.4. The highest BCUT2D eigenvalue weighted by atomic mass is 19.1. The number of nitrogens with one attached hydrogen (secondary N) is 2. The summed E-state index contributed by atoms with van der Waals surface area (Å²) in [5.41, 5.74) is 2.27. The van der Waals surface area contributed by atoms with Crippen molar-refractivity contribution in [3.8, 4) is 5.75 Å². The van der Waals surface area contributed by atoms with Crippen LogP contribution < -0.4 is 15.4 Å². The van der Waals surface area contributed by atoms with E-state index in [-0.39, 0.29) is 31.1 Å². The molecule has 2 N–H and O–H groups in total. The van der Waals surface area contributed by atoms with Gasteiger partial charge >= 0.3 is 5.97 Å². The summed E-state index contributed by atoms with van der Waals surface area (Å²) in [6.07, 6.45) is 2.11. The van der Waals surface area contributed by atoms with E-state index in [1.165, 1.54) is 16.3 Å².